The Bertz CT molecular complexity index is 541. The van der Waals surface area contributed by atoms with Crippen LogP contribution in [0.5, 0.6) is 0 Å². The van der Waals surface area contributed by atoms with Crippen molar-refractivity contribution < 1.29 is 13.2 Å². The van der Waals surface area contributed by atoms with Crippen molar-refractivity contribution in [3.63, 3.8) is 0 Å². The number of fused-ring (bicyclic) bond motifs is 1. The number of hydrogen-bond acceptors (Lipinski definition) is 2. The van der Waals surface area contributed by atoms with Gasteiger partial charge < -0.3 is 4.43 Å². The first-order valence-corrected chi connectivity index (χ1v) is 11.1. The average molecular weight is 331 g/mol. The maximum Gasteiger partial charge on any atom is 0.274 e. The summed E-state index contributed by atoms with van der Waals surface area (Å²) < 4.78 is 35.1. The highest BCUT2D eigenvalue weighted by Crippen LogP contribution is 2.48. The normalized spacial score (nSPS) is 20.6. The molecule has 1 aliphatic carbocycles. The monoisotopic (exact) mass is 330 g/mol. The van der Waals surface area contributed by atoms with Crippen LogP contribution < -0.4 is 0 Å². The molecule has 0 amide bonds. The molecule has 0 spiro atoms. The Morgan fingerprint density at radius 3 is 2.62 bits per heavy atom. The first-order valence-electron chi connectivity index (χ1n) is 7.43. The van der Waals surface area contributed by atoms with Gasteiger partial charge in [0.2, 0.25) is 0 Å². The van der Waals surface area contributed by atoms with E-state index in [9.17, 15) is 8.78 Å². The molecular weight excluding hydrogens is 306 g/mol. The molecular formula is C16H24F2OSSi. The van der Waals surface area contributed by atoms with Crippen LogP contribution in [0.1, 0.15) is 37.6 Å². The summed E-state index contributed by atoms with van der Waals surface area (Å²) in [5, 5.41) is 1.92. The zero-order valence-corrected chi connectivity index (χ0v) is 15.4. The molecule has 0 saturated heterocycles. The quantitative estimate of drug-likeness (QED) is 0.698. The van der Waals surface area contributed by atoms with Crippen LogP contribution >= 0.6 is 11.3 Å². The molecule has 0 unspecified atom stereocenters. The Hall–Kier alpha value is -0.523. The van der Waals surface area contributed by atoms with E-state index in [4.69, 9.17) is 4.43 Å². The van der Waals surface area contributed by atoms with Crippen LogP contribution in [0.25, 0.3) is 5.57 Å². The second-order valence-electron chi connectivity index (χ2n) is 6.93. The smallest absolute Gasteiger partial charge is 0.274 e. The minimum atomic E-state index is -2.75. The lowest BCUT2D eigenvalue weighted by Gasteiger charge is -2.34. The van der Waals surface area contributed by atoms with Crippen molar-refractivity contribution in [1.82, 2.24) is 0 Å². The third kappa shape index (κ3) is 3.63. The van der Waals surface area contributed by atoms with Crippen molar-refractivity contribution in [3.8, 4) is 0 Å². The molecule has 0 radical (unpaired) electrons. The molecule has 0 N–H and O–H groups in total. The summed E-state index contributed by atoms with van der Waals surface area (Å²) in [4.78, 5) is 1.08. The molecule has 118 valence electrons. The maximum absolute atomic E-state index is 14.6. The Morgan fingerprint density at radius 2 is 2.05 bits per heavy atom. The second kappa shape index (κ2) is 5.93. The van der Waals surface area contributed by atoms with E-state index in [1.165, 1.54) is 0 Å². The van der Waals surface area contributed by atoms with Gasteiger partial charge in [0.05, 0.1) is 6.61 Å². The second-order valence-corrected chi connectivity index (χ2v) is 10.4. The number of alkyl halides is 2. The average Bonchev–Trinajstić information content (AvgIpc) is 2.77. The van der Waals surface area contributed by atoms with E-state index in [1.807, 2.05) is 32.2 Å². The highest BCUT2D eigenvalue weighted by atomic mass is 32.1. The first kappa shape index (κ1) is 16.8. The Kier molecular flexibility index (Phi) is 4.76. The maximum atomic E-state index is 14.6. The fourth-order valence-corrected chi connectivity index (χ4v) is 4.03. The molecule has 0 aromatic carbocycles. The van der Waals surface area contributed by atoms with Crippen molar-refractivity contribution in [1.29, 1.82) is 0 Å². The van der Waals surface area contributed by atoms with Gasteiger partial charge in [0, 0.05) is 16.9 Å². The molecule has 0 aliphatic heterocycles. The fourth-order valence-electron chi connectivity index (χ4n) is 2.65. The molecule has 1 nitrogen and oxygen atoms in total. The number of aryl methyl sites for hydroxylation is 1. The van der Waals surface area contributed by atoms with E-state index in [-0.39, 0.29) is 17.4 Å². The molecule has 2 rings (SSSR count). The molecule has 0 atom stereocenters. The van der Waals surface area contributed by atoms with Gasteiger partial charge in [-0.15, -0.1) is 11.3 Å². The molecule has 21 heavy (non-hydrogen) atoms. The molecule has 1 aromatic heterocycles. The Balaban J connectivity index is 2.58. The lowest BCUT2D eigenvalue weighted by atomic mass is 9.77. The summed E-state index contributed by atoms with van der Waals surface area (Å²) in [6, 6.07) is 1.85. The van der Waals surface area contributed by atoms with Gasteiger partial charge in [0.25, 0.3) is 5.92 Å². The van der Waals surface area contributed by atoms with E-state index >= 15 is 0 Å². The molecule has 0 bridgehead atoms. The number of hydrogen-bond donors (Lipinski definition) is 0. The van der Waals surface area contributed by atoms with E-state index in [1.54, 1.807) is 11.3 Å². The minimum Gasteiger partial charge on any atom is -0.417 e. The highest BCUT2D eigenvalue weighted by Gasteiger charge is 2.43. The lowest BCUT2D eigenvalue weighted by Crippen LogP contribution is -2.30. The predicted molar refractivity (Wildman–Crippen MR) is 88.8 cm³/mol. The van der Waals surface area contributed by atoms with Crippen molar-refractivity contribution in [2.75, 3.05) is 6.61 Å². The fraction of sp³-hybridized carbons (Fsp3) is 0.625. The summed E-state index contributed by atoms with van der Waals surface area (Å²) in [5.41, 5.74) is 1.41. The van der Waals surface area contributed by atoms with Crippen LogP contribution in [0.4, 0.5) is 8.78 Å². The molecule has 1 heterocycles. The summed E-state index contributed by atoms with van der Waals surface area (Å²) in [7, 11) is -1.24. The van der Waals surface area contributed by atoms with Crippen LogP contribution in [-0.2, 0) is 10.8 Å². The summed E-state index contributed by atoms with van der Waals surface area (Å²) >= 11 is 1.58. The summed E-state index contributed by atoms with van der Waals surface area (Å²) in [6.45, 7) is 10.5. The Labute approximate surface area is 131 Å². The topological polar surface area (TPSA) is 9.23 Å². The van der Waals surface area contributed by atoms with Crippen molar-refractivity contribution in [3.05, 3.63) is 27.5 Å². The summed E-state index contributed by atoms with van der Waals surface area (Å²) in [6.07, 6.45) is 0.384. The van der Waals surface area contributed by atoms with Crippen LogP contribution in [0.15, 0.2) is 17.0 Å². The Morgan fingerprint density at radius 1 is 1.38 bits per heavy atom. The van der Waals surface area contributed by atoms with Gasteiger partial charge in [0.1, 0.15) is 0 Å². The van der Waals surface area contributed by atoms with Crippen LogP contribution in [0, 0.1) is 5.41 Å². The third-order valence-electron chi connectivity index (χ3n) is 3.81. The number of thiophene rings is 1. The van der Waals surface area contributed by atoms with Crippen LogP contribution in [0.2, 0.25) is 13.1 Å². The zero-order chi connectivity index (χ0) is 15.8. The van der Waals surface area contributed by atoms with Crippen molar-refractivity contribution in [2.45, 2.75) is 52.6 Å². The van der Waals surface area contributed by atoms with E-state index in [0.717, 1.165) is 16.0 Å². The SMILES string of the molecule is C[SiH](C)OCC(=C1c2ccsc2CCC1(F)F)C(C)(C)C. The van der Waals surface area contributed by atoms with Gasteiger partial charge in [-0.25, -0.2) is 8.78 Å². The van der Waals surface area contributed by atoms with E-state index < -0.39 is 15.0 Å². The lowest BCUT2D eigenvalue weighted by molar-refractivity contribution is 0.0522. The predicted octanol–water partition coefficient (Wildman–Crippen LogP) is 5.13. The number of allylic oxidation sites excluding steroid dienone is 1. The molecule has 1 aromatic rings. The summed E-state index contributed by atoms with van der Waals surface area (Å²) in [5.74, 6) is -2.75. The van der Waals surface area contributed by atoms with Gasteiger partial charge in [-0.2, -0.15) is 0 Å². The van der Waals surface area contributed by atoms with Gasteiger partial charge in [-0.3, -0.25) is 0 Å². The highest BCUT2D eigenvalue weighted by molar-refractivity contribution is 7.10. The molecule has 0 saturated carbocycles. The van der Waals surface area contributed by atoms with Gasteiger partial charge in [0.15, 0.2) is 9.04 Å². The number of rotatable bonds is 3. The van der Waals surface area contributed by atoms with Crippen LogP contribution in [-0.4, -0.2) is 21.6 Å². The van der Waals surface area contributed by atoms with Gasteiger partial charge in [-0.1, -0.05) is 20.8 Å². The third-order valence-corrected chi connectivity index (χ3v) is 5.63. The van der Waals surface area contributed by atoms with Gasteiger partial charge >= 0.3 is 0 Å². The molecule has 1 aliphatic rings. The molecule has 5 heteroatoms. The number of halogens is 2. The first-order chi connectivity index (χ1) is 9.63. The largest absolute Gasteiger partial charge is 0.417 e. The van der Waals surface area contributed by atoms with Crippen molar-refractivity contribution >= 4 is 26.0 Å². The van der Waals surface area contributed by atoms with Gasteiger partial charge in [-0.05, 0) is 47.5 Å². The minimum absolute atomic E-state index is 0.0888. The van der Waals surface area contributed by atoms with E-state index in [0.29, 0.717) is 13.0 Å². The van der Waals surface area contributed by atoms with E-state index in [2.05, 4.69) is 13.1 Å². The molecule has 0 fully saturated rings. The zero-order valence-electron chi connectivity index (χ0n) is 13.4. The van der Waals surface area contributed by atoms with Crippen LogP contribution in [0.3, 0.4) is 0 Å². The van der Waals surface area contributed by atoms with Crippen molar-refractivity contribution in [2.24, 2.45) is 5.41 Å². The standard InChI is InChI=1S/C16H24F2OSSi/c1-15(2,3)12(10-19-21(4)5)14-11-7-9-20-13(11)6-8-16(14,17)18/h7,9,21H,6,8,10H2,1-5H3.